The molecule has 0 spiro atoms. The summed E-state index contributed by atoms with van der Waals surface area (Å²) in [5.41, 5.74) is 1.96. The van der Waals surface area contributed by atoms with Crippen LogP contribution in [0.2, 0.25) is 0 Å². The third-order valence-corrected chi connectivity index (χ3v) is 3.29. The summed E-state index contributed by atoms with van der Waals surface area (Å²) in [4.78, 5) is 8.55. The highest BCUT2D eigenvalue weighted by Gasteiger charge is 2.09. The maximum absolute atomic E-state index is 5.94. The van der Waals surface area contributed by atoms with Crippen LogP contribution in [0, 0.1) is 5.92 Å². The van der Waals surface area contributed by atoms with Crippen LogP contribution in [0.25, 0.3) is 11.0 Å². The van der Waals surface area contributed by atoms with E-state index in [1.54, 1.807) is 12.4 Å². The Morgan fingerprint density at radius 1 is 1.37 bits per heavy atom. The van der Waals surface area contributed by atoms with Crippen molar-refractivity contribution < 1.29 is 4.74 Å². The van der Waals surface area contributed by atoms with E-state index in [0.29, 0.717) is 18.4 Å². The molecule has 0 fully saturated rings. The largest absolute Gasteiger partial charge is 0.380 e. The van der Waals surface area contributed by atoms with Crippen LogP contribution in [0.15, 0.2) is 18.5 Å². The first kappa shape index (κ1) is 14.3. The van der Waals surface area contributed by atoms with E-state index < -0.39 is 0 Å². The molecule has 0 bridgehead atoms. The summed E-state index contributed by atoms with van der Waals surface area (Å²) in [5, 5.41) is 0. The van der Waals surface area contributed by atoms with E-state index in [9.17, 15) is 0 Å². The van der Waals surface area contributed by atoms with E-state index in [2.05, 4.69) is 28.4 Å². The molecule has 19 heavy (non-hydrogen) atoms. The summed E-state index contributed by atoms with van der Waals surface area (Å²) in [5.74, 6) is 1.96. The topological polar surface area (TPSA) is 39.9 Å². The van der Waals surface area contributed by atoms with Crippen LogP contribution < -0.4 is 0 Å². The Labute approximate surface area is 118 Å². The number of hydrogen-bond acceptors (Lipinski definition) is 3. The highest BCUT2D eigenvalue weighted by atomic mass is 35.5. The molecule has 0 amide bonds. The van der Waals surface area contributed by atoms with Crippen molar-refractivity contribution in [2.75, 3.05) is 13.2 Å². The number of rotatable bonds is 7. The summed E-state index contributed by atoms with van der Waals surface area (Å²) in [7, 11) is 0. The molecule has 2 rings (SSSR count). The lowest BCUT2D eigenvalue weighted by molar-refractivity contribution is 0.116. The first-order valence-corrected chi connectivity index (χ1v) is 7.18. The van der Waals surface area contributed by atoms with Crippen molar-refractivity contribution in [2.45, 2.75) is 32.7 Å². The van der Waals surface area contributed by atoms with Crippen molar-refractivity contribution in [1.82, 2.24) is 14.5 Å². The van der Waals surface area contributed by atoms with Gasteiger partial charge in [-0.2, -0.15) is 0 Å². The molecular weight excluding hydrogens is 262 g/mol. The Morgan fingerprint density at radius 3 is 2.95 bits per heavy atom. The quantitative estimate of drug-likeness (QED) is 0.578. The van der Waals surface area contributed by atoms with Crippen LogP contribution >= 0.6 is 11.6 Å². The fourth-order valence-electron chi connectivity index (χ4n) is 1.96. The summed E-state index contributed by atoms with van der Waals surface area (Å²) in [6.45, 7) is 6.67. The van der Waals surface area contributed by atoms with Crippen molar-refractivity contribution in [1.29, 1.82) is 0 Å². The molecule has 2 aromatic rings. The molecule has 104 valence electrons. The molecule has 0 aliphatic rings. The van der Waals surface area contributed by atoms with E-state index >= 15 is 0 Å². The molecule has 2 aromatic heterocycles. The number of aromatic nitrogens is 3. The third-order valence-electron chi connectivity index (χ3n) is 3.05. The lowest BCUT2D eigenvalue weighted by Crippen LogP contribution is -2.10. The molecule has 0 saturated carbocycles. The van der Waals surface area contributed by atoms with Crippen LogP contribution in [0.5, 0.6) is 0 Å². The minimum atomic E-state index is 0.403. The Kier molecular flexibility index (Phi) is 5.16. The zero-order valence-electron chi connectivity index (χ0n) is 11.5. The highest BCUT2D eigenvalue weighted by molar-refractivity contribution is 6.16. The van der Waals surface area contributed by atoms with Gasteiger partial charge in [0.05, 0.1) is 24.2 Å². The lowest BCUT2D eigenvalue weighted by Gasteiger charge is -2.09. The van der Waals surface area contributed by atoms with Gasteiger partial charge in [-0.05, 0) is 18.4 Å². The standard InChI is InChI=1S/C14H20ClN3O/c1-11(2)4-7-19-8-6-18-13-3-5-16-10-12(13)17-14(18)9-15/h3,5,10-11H,4,6-9H2,1-2H3. The monoisotopic (exact) mass is 281 g/mol. The van der Waals surface area contributed by atoms with Gasteiger partial charge in [-0.3, -0.25) is 4.98 Å². The second-order valence-corrected chi connectivity index (χ2v) is 5.24. The molecule has 0 saturated heterocycles. The van der Waals surface area contributed by atoms with Crippen LogP contribution in [-0.2, 0) is 17.2 Å². The van der Waals surface area contributed by atoms with Gasteiger partial charge in [0.15, 0.2) is 0 Å². The number of alkyl halides is 1. The second kappa shape index (κ2) is 6.87. The molecule has 0 unspecified atom stereocenters. The number of halogens is 1. The Hall–Kier alpha value is -1.13. The zero-order valence-corrected chi connectivity index (χ0v) is 12.2. The average Bonchev–Trinajstić information content (AvgIpc) is 2.76. The normalized spacial score (nSPS) is 11.6. The van der Waals surface area contributed by atoms with Crippen molar-refractivity contribution in [2.24, 2.45) is 5.92 Å². The highest BCUT2D eigenvalue weighted by Crippen LogP contribution is 2.16. The maximum atomic E-state index is 5.94. The van der Waals surface area contributed by atoms with Gasteiger partial charge in [0.2, 0.25) is 0 Å². The number of ether oxygens (including phenoxy) is 1. The van der Waals surface area contributed by atoms with Crippen LogP contribution in [-0.4, -0.2) is 27.7 Å². The summed E-state index contributed by atoms with van der Waals surface area (Å²) >= 11 is 5.94. The lowest BCUT2D eigenvalue weighted by atomic mass is 10.1. The van der Waals surface area contributed by atoms with Gasteiger partial charge < -0.3 is 9.30 Å². The van der Waals surface area contributed by atoms with Gasteiger partial charge in [0.25, 0.3) is 0 Å². The fourth-order valence-corrected chi connectivity index (χ4v) is 2.16. The molecule has 0 atom stereocenters. The zero-order chi connectivity index (χ0) is 13.7. The molecule has 0 radical (unpaired) electrons. The molecule has 0 aliphatic carbocycles. The van der Waals surface area contributed by atoms with Crippen molar-refractivity contribution in [3.05, 3.63) is 24.3 Å². The van der Waals surface area contributed by atoms with Crippen LogP contribution in [0.3, 0.4) is 0 Å². The number of nitrogens with zero attached hydrogens (tertiary/aromatic N) is 3. The van der Waals surface area contributed by atoms with E-state index in [1.165, 1.54) is 0 Å². The first-order valence-electron chi connectivity index (χ1n) is 6.65. The smallest absolute Gasteiger partial charge is 0.124 e. The average molecular weight is 282 g/mol. The molecule has 2 heterocycles. The number of fused-ring (bicyclic) bond motifs is 1. The predicted octanol–water partition coefficient (Wildman–Crippen LogP) is 3.23. The Bertz CT molecular complexity index is 524. The van der Waals surface area contributed by atoms with Crippen molar-refractivity contribution >= 4 is 22.6 Å². The van der Waals surface area contributed by atoms with Gasteiger partial charge in [-0.15, -0.1) is 11.6 Å². The fraction of sp³-hybridized carbons (Fsp3) is 0.571. The third kappa shape index (κ3) is 3.67. The van der Waals surface area contributed by atoms with Crippen LogP contribution in [0.4, 0.5) is 0 Å². The maximum Gasteiger partial charge on any atom is 0.124 e. The minimum Gasteiger partial charge on any atom is -0.380 e. The first-order chi connectivity index (χ1) is 9.22. The Morgan fingerprint density at radius 2 is 2.21 bits per heavy atom. The SMILES string of the molecule is CC(C)CCOCCn1c(CCl)nc2cnccc21. The second-order valence-electron chi connectivity index (χ2n) is 4.97. The molecule has 5 heteroatoms. The van der Waals surface area contributed by atoms with E-state index in [0.717, 1.165) is 36.4 Å². The van der Waals surface area contributed by atoms with Crippen molar-refractivity contribution in [3.63, 3.8) is 0 Å². The number of hydrogen-bond donors (Lipinski definition) is 0. The van der Waals surface area contributed by atoms with E-state index in [4.69, 9.17) is 16.3 Å². The molecular formula is C14H20ClN3O. The number of pyridine rings is 1. The number of imidazole rings is 1. The van der Waals surface area contributed by atoms with Gasteiger partial charge in [-0.25, -0.2) is 4.98 Å². The molecule has 0 aromatic carbocycles. The molecule has 4 nitrogen and oxygen atoms in total. The van der Waals surface area contributed by atoms with Gasteiger partial charge in [0.1, 0.15) is 11.3 Å². The Balaban J connectivity index is 1.99. The van der Waals surface area contributed by atoms with Gasteiger partial charge in [-0.1, -0.05) is 13.8 Å². The predicted molar refractivity (Wildman–Crippen MR) is 77.4 cm³/mol. The van der Waals surface area contributed by atoms with Gasteiger partial charge in [0, 0.05) is 19.3 Å². The summed E-state index contributed by atoms with van der Waals surface area (Å²) in [6, 6.07) is 1.96. The molecule has 0 aliphatic heterocycles. The summed E-state index contributed by atoms with van der Waals surface area (Å²) < 4.78 is 7.77. The van der Waals surface area contributed by atoms with Crippen LogP contribution in [0.1, 0.15) is 26.1 Å². The summed E-state index contributed by atoms with van der Waals surface area (Å²) in [6.07, 6.45) is 4.64. The molecule has 0 N–H and O–H groups in total. The van der Waals surface area contributed by atoms with E-state index in [-0.39, 0.29) is 0 Å². The minimum absolute atomic E-state index is 0.403. The van der Waals surface area contributed by atoms with E-state index in [1.807, 2.05) is 6.07 Å². The van der Waals surface area contributed by atoms with Gasteiger partial charge >= 0.3 is 0 Å². The van der Waals surface area contributed by atoms with Crippen molar-refractivity contribution in [3.8, 4) is 0 Å².